The number of aryl methyl sites for hydroxylation is 1. The van der Waals surface area contributed by atoms with Gasteiger partial charge in [0.1, 0.15) is 6.33 Å². The Morgan fingerprint density at radius 3 is 3.00 bits per heavy atom. The molecule has 0 fully saturated rings. The number of urea groups is 1. The van der Waals surface area contributed by atoms with Crippen molar-refractivity contribution >= 4 is 24.5 Å². The number of nitrogens with zero attached hydrogens (tertiary/aromatic N) is 3. The molecule has 5 nitrogen and oxygen atoms in total. The molecule has 0 saturated heterocycles. The normalized spacial score (nSPS) is 10.0. The van der Waals surface area contributed by atoms with E-state index in [9.17, 15) is 4.79 Å². The first-order chi connectivity index (χ1) is 7.16. The fourth-order valence-corrected chi connectivity index (χ4v) is 1.35. The molecule has 1 aromatic heterocycles. The molecule has 0 bridgehead atoms. The highest BCUT2D eigenvalue weighted by Crippen LogP contribution is 2.20. The molecule has 0 aromatic carbocycles. The summed E-state index contributed by atoms with van der Waals surface area (Å²) in [6, 6.07) is -0.633. The Morgan fingerprint density at radius 2 is 2.40 bits per heavy atom. The molecule has 0 aliphatic rings. The molecule has 0 unspecified atom stereocenters. The van der Waals surface area contributed by atoms with E-state index in [1.165, 1.54) is 12.5 Å². The van der Waals surface area contributed by atoms with Crippen molar-refractivity contribution < 1.29 is 4.79 Å². The van der Waals surface area contributed by atoms with Crippen LogP contribution in [0.15, 0.2) is 12.5 Å². The van der Waals surface area contributed by atoms with Crippen molar-refractivity contribution in [1.29, 1.82) is 0 Å². The molecule has 6 heteroatoms. The average molecular weight is 226 g/mol. The van der Waals surface area contributed by atoms with Crippen LogP contribution in [0.4, 0.5) is 10.5 Å². The van der Waals surface area contributed by atoms with Crippen LogP contribution >= 0.6 is 12.8 Å². The van der Waals surface area contributed by atoms with E-state index >= 15 is 0 Å². The maximum absolute atomic E-state index is 10.9. The Labute approximate surface area is 94.2 Å². The van der Waals surface area contributed by atoms with Gasteiger partial charge in [-0.3, -0.25) is 0 Å². The topological polar surface area (TPSA) is 72.1 Å². The zero-order valence-corrected chi connectivity index (χ0v) is 9.44. The van der Waals surface area contributed by atoms with E-state index in [0.29, 0.717) is 5.69 Å². The summed E-state index contributed by atoms with van der Waals surface area (Å²) in [6.45, 7) is 2.09. The third-order valence-electron chi connectivity index (χ3n) is 1.98. The summed E-state index contributed by atoms with van der Waals surface area (Å²) in [5.41, 5.74) is 6.47. The Kier molecular flexibility index (Phi) is 4.36. The molecule has 0 saturated carbocycles. The molecule has 15 heavy (non-hydrogen) atoms. The lowest BCUT2D eigenvalue weighted by Gasteiger charge is -2.15. The van der Waals surface area contributed by atoms with Gasteiger partial charge in [-0.25, -0.2) is 19.1 Å². The van der Waals surface area contributed by atoms with Crippen LogP contribution in [0.5, 0.6) is 0 Å². The van der Waals surface area contributed by atoms with Crippen LogP contribution in [0.2, 0.25) is 0 Å². The molecule has 0 radical (unpaired) electrons. The van der Waals surface area contributed by atoms with E-state index in [1.807, 2.05) is 0 Å². The number of unbranched alkanes of at least 4 members (excludes halogenated alkanes) is 1. The minimum absolute atomic E-state index is 0.557. The Hall–Kier alpha value is -1.30. The first-order valence-electron chi connectivity index (χ1n) is 4.74. The van der Waals surface area contributed by atoms with Crippen LogP contribution in [0.3, 0.4) is 0 Å². The van der Waals surface area contributed by atoms with Crippen molar-refractivity contribution in [3.63, 3.8) is 0 Å². The highest BCUT2D eigenvalue weighted by atomic mass is 32.1. The summed E-state index contributed by atoms with van der Waals surface area (Å²) in [7, 11) is 0. The zero-order chi connectivity index (χ0) is 11.3. The summed E-state index contributed by atoms with van der Waals surface area (Å²) in [5, 5.41) is 0. The van der Waals surface area contributed by atoms with Crippen LogP contribution < -0.4 is 10.0 Å². The molecule has 1 rings (SSSR count). The van der Waals surface area contributed by atoms with Crippen molar-refractivity contribution in [3.8, 4) is 0 Å². The molecular formula is C9H14N4OS. The molecule has 2 N–H and O–H groups in total. The van der Waals surface area contributed by atoms with E-state index in [2.05, 4.69) is 29.7 Å². The summed E-state index contributed by atoms with van der Waals surface area (Å²) in [5.74, 6) is 0. The molecule has 1 heterocycles. The largest absolute Gasteiger partial charge is 0.350 e. The van der Waals surface area contributed by atoms with Gasteiger partial charge in [0.15, 0.2) is 0 Å². The number of aromatic nitrogens is 2. The highest BCUT2D eigenvalue weighted by Gasteiger charge is 2.13. The lowest BCUT2D eigenvalue weighted by Crippen LogP contribution is -2.28. The second-order valence-corrected chi connectivity index (χ2v) is 3.51. The molecular weight excluding hydrogens is 212 g/mol. The van der Waals surface area contributed by atoms with E-state index < -0.39 is 6.03 Å². The molecule has 82 valence electrons. The third kappa shape index (κ3) is 3.09. The molecule has 1 aromatic rings. The van der Waals surface area contributed by atoms with Gasteiger partial charge in [-0.05, 0) is 12.8 Å². The van der Waals surface area contributed by atoms with E-state index in [0.717, 1.165) is 29.3 Å². The maximum atomic E-state index is 10.9. The quantitative estimate of drug-likeness (QED) is 0.765. The number of thiol groups is 1. The fourth-order valence-electron chi connectivity index (χ4n) is 1.18. The molecule has 0 atom stereocenters. The van der Waals surface area contributed by atoms with Gasteiger partial charge in [-0.15, -0.1) is 0 Å². The van der Waals surface area contributed by atoms with Gasteiger partial charge in [-0.1, -0.05) is 26.2 Å². The van der Waals surface area contributed by atoms with Crippen LogP contribution in [0, 0.1) is 0 Å². The van der Waals surface area contributed by atoms with Crippen molar-refractivity contribution in [2.45, 2.75) is 26.2 Å². The lowest BCUT2D eigenvalue weighted by molar-refractivity contribution is 0.257. The number of amides is 2. The van der Waals surface area contributed by atoms with Crippen molar-refractivity contribution in [2.24, 2.45) is 5.73 Å². The monoisotopic (exact) mass is 226 g/mol. The second-order valence-electron chi connectivity index (χ2n) is 3.11. The van der Waals surface area contributed by atoms with Crippen LogP contribution in [-0.2, 0) is 6.42 Å². The first-order valence-corrected chi connectivity index (χ1v) is 5.14. The van der Waals surface area contributed by atoms with Crippen LogP contribution in [0.25, 0.3) is 0 Å². The van der Waals surface area contributed by atoms with Gasteiger partial charge in [-0.2, -0.15) is 0 Å². The van der Waals surface area contributed by atoms with E-state index in [-0.39, 0.29) is 0 Å². The zero-order valence-electron chi connectivity index (χ0n) is 8.55. The molecule has 2 amide bonds. The fraction of sp³-hybridized carbons (Fsp3) is 0.444. The Balaban J connectivity index is 2.90. The van der Waals surface area contributed by atoms with Gasteiger partial charge in [0, 0.05) is 0 Å². The predicted molar refractivity (Wildman–Crippen MR) is 61.7 cm³/mol. The third-order valence-corrected chi connectivity index (χ3v) is 2.39. The Bertz CT molecular complexity index is 345. The first kappa shape index (κ1) is 11.8. The van der Waals surface area contributed by atoms with Gasteiger partial charge < -0.3 is 5.73 Å². The van der Waals surface area contributed by atoms with E-state index in [4.69, 9.17) is 5.73 Å². The molecule has 0 aliphatic carbocycles. The smallest absolute Gasteiger partial charge is 0.329 e. The summed E-state index contributed by atoms with van der Waals surface area (Å²) < 4.78 is 1.06. The maximum Gasteiger partial charge on any atom is 0.329 e. The summed E-state index contributed by atoms with van der Waals surface area (Å²) >= 11 is 3.99. The minimum Gasteiger partial charge on any atom is -0.350 e. The highest BCUT2D eigenvalue weighted by molar-refractivity contribution is 7.82. The summed E-state index contributed by atoms with van der Waals surface area (Å²) in [6.07, 6.45) is 5.85. The van der Waals surface area contributed by atoms with E-state index in [1.54, 1.807) is 0 Å². The van der Waals surface area contributed by atoms with Crippen molar-refractivity contribution in [2.75, 3.05) is 4.31 Å². The lowest BCUT2D eigenvalue weighted by atomic mass is 10.2. The summed E-state index contributed by atoms with van der Waals surface area (Å²) in [4.78, 5) is 18.9. The second kappa shape index (κ2) is 5.55. The van der Waals surface area contributed by atoms with Gasteiger partial charge >= 0.3 is 6.03 Å². The van der Waals surface area contributed by atoms with Gasteiger partial charge in [0.25, 0.3) is 0 Å². The number of hydrogen-bond donors (Lipinski definition) is 2. The van der Waals surface area contributed by atoms with Gasteiger partial charge in [0.2, 0.25) is 0 Å². The predicted octanol–water partition coefficient (Wildman–Crippen LogP) is 1.55. The van der Waals surface area contributed by atoms with Crippen molar-refractivity contribution in [1.82, 2.24) is 9.97 Å². The number of rotatable bonds is 4. The Morgan fingerprint density at radius 1 is 1.67 bits per heavy atom. The number of primary amides is 1. The molecule has 0 aliphatic heterocycles. The number of nitrogens with two attached hydrogens (primary N) is 1. The standard InChI is InChI=1S/C9H14N4OS/c1-2-3-4-7-8(5-11-6-12-7)13(15)9(10)14/h5-6,15H,2-4H2,1H3,(H2,10,14). The number of hydrogen-bond acceptors (Lipinski definition) is 4. The van der Waals surface area contributed by atoms with Crippen LogP contribution in [0.1, 0.15) is 25.5 Å². The van der Waals surface area contributed by atoms with Crippen LogP contribution in [-0.4, -0.2) is 16.0 Å². The van der Waals surface area contributed by atoms with Crippen molar-refractivity contribution in [3.05, 3.63) is 18.2 Å². The number of carbonyl (C=O) groups excluding carboxylic acids is 1. The average Bonchev–Trinajstić information content (AvgIpc) is 2.25. The van der Waals surface area contributed by atoms with Gasteiger partial charge in [0.05, 0.1) is 17.6 Å². The SMILES string of the molecule is CCCCc1ncncc1N(S)C(N)=O. The number of carbonyl (C=O) groups is 1. The molecule has 0 spiro atoms. The minimum atomic E-state index is -0.633. The number of anilines is 1.